The summed E-state index contributed by atoms with van der Waals surface area (Å²) in [4.78, 5) is 40.5. The maximum absolute atomic E-state index is 12.9. The summed E-state index contributed by atoms with van der Waals surface area (Å²) in [5, 5.41) is 0. The Bertz CT molecular complexity index is 710. The molecule has 0 spiro atoms. The molecule has 1 fully saturated rings. The number of amides is 2. The van der Waals surface area contributed by atoms with E-state index in [-0.39, 0.29) is 12.5 Å². The van der Waals surface area contributed by atoms with Crippen molar-refractivity contribution in [1.82, 2.24) is 4.90 Å². The topological polar surface area (TPSA) is 76.2 Å². The summed E-state index contributed by atoms with van der Waals surface area (Å²) < 4.78 is 9.65. The van der Waals surface area contributed by atoms with Crippen LogP contribution >= 0.6 is 0 Å². The van der Waals surface area contributed by atoms with E-state index in [0.717, 1.165) is 12.1 Å². The van der Waals surface area contributed by atoms with Crippen LogP contribution in [0, 0.1) is 5.41 Å². The molecule has 140 valence electrons. The number of esters is 2. The van der Waals surface area contributed by atoms with Gasteiger partial charge in [0.2, 0.25) is 0 Å². The molecule has 7 nitrogen and oxygen atoms in total. The summed E-state index contributed by atoms with van der Waals surface area (Å²) in [5.41, 5.74) is 1.21. The summed E-state index contributed by atoms with van der Waals surface area (Å²) >= 11 is 0. The van der Waals surface area contributed by atoms with Crippen molar-refractivity contribution in [2.24, 2.45) is 5.41 Å². The van der Waals surface area contributed by atoms with Crippen molar-refractivity contribution in [1.29, 1.82) is 0 Å². The van der Waals surface area contributed by atoms with E-state index in [1.54, 1.807) is 9.80 Å². The number of para-hydroxylation sites is 1. The van der Waals surface area contributed by atoms with E-state index < -0.39 is 17.4 Å². The highest BCUT2D eigenvalue weighted by molar-refractivity contribution is 5.94. The number of hydrogen-bond acceptors (Lipinski definition) is 5. The first-order chi connectivity index (χ1) is 12.5. The summed E-state index contributed by atoms with van der Waals surface area (Å²) in [6.07, 6.45) is 1.60. The Balaban J connectivity index is 1.70. The zero-order valence-corrected chi connectivity index (χ0v) is 15.2. The van der Waals surface area contributed by atoms with Crippen LogP contribution in [0.3, 0.4) is 0 Å². The molecule has 7 heteroatoms. The average molecular weight is 360 g/mol. The normalized spacial score (nSPS) is 18.2. The van der Waals surface area contributed by atoms with Crippen molar-refractivity contribution in [3.05, 3.63) is 29.8 Å². The predicted octanol–water partition coefficient (Wildman–Crippen LogP) is 1.99. The number of ether oxygens (including phenoxy) is 2. The smallest absolute Gasteiger partial charge is 0.324 e. The van der Waals surface area contributed by atoms with Crippen LogP contribution in [-0.4, -0.2) is 56.7 Å². The average Bonchev–Trinajstić information content (AvgIpc) is 3.11. The first-order valence-corrected chi connectivity index (χ1v) is 8.80. The van der Waals surface area contributed by atoms with Gasteiger partial charge in [-0.25, -0.2) is 4.79 Å². The maximum atomic E-state index is 12.9. The lowest BCUT2D eigenvalue weighted by Crippen LogP contribution is -2.51. The number of carbonyl (C=O) groups excluding carboxylic acids is 3. The molecular formula is C19H24N2O5. The lowest BCUT2D eigenvalue weighted by Gasteiger charge is -2.40. The Labute approximate surface area is 152 Å². The molecule has 0 N–H and O–H groups in total. The third-order valence-electron chi connectivity index (χ3n) is 5.44. The molecule has 0 radical (unpaired) electrons. The zero-order valence-electron chi connectivity index (χ0n) is 15.2. The van der Waals surface area contributed by atoms with Gasteiger partial charge in [0.15, 0.2) is 0 Å². The third-order valence-corrected chi connectivity index (χ3v) is 5.44. The van der Waals surface area contributed by atoms with Crippen LogP contribution in [-0.2, 0) is 25.5 Å². The minimum atomic E-state index is -0.915. The van der Waals surface area contributed by atoms with Gasteiger partial charge in [-0.3, -0.25) is 14.5 Å². The number of nitrogens with zero attached hydrogens (tertiary/aromatic N) is 2. The fourth-order valence-corrected chi connectivity index (χ4v) is 3.85. The molecule has 2 aliphatic heterocycles. The number of anilines is 1. The Morgan fingerprint density at radius 1 is 1.04 bits per heavy atom. The number of piperidine rings is 1. The molecule has 0 unspecified atom stereocenters. The summed E-state index contributed by atoms with van der Waals surface area (Å²) in [5.74, 6) is -0.856. The molecule has 2 amide bonds. The fraction of sp³-hybridized carbons (Fsp3) is 0.526. The van der Waals surface area contributed by atoms with Gasteiger partial charge >= 0.3 is 18.0 Å². The van der Waals surface area contributed by atoms with Crippen molar-refractivity contribution in [2.45, 2.75) is 25.7 Å². The number of methoxy groups -OCH3 is 2. The van der Waals surface area contributed by atoms with Crippen LogP contribution in [0.1, 0.15) is 24.8 Å². The SMILES string of the molecule is COC(=O)CC1(C(=O)OC)CCN(C(=O)N2CCc3ccccc32)CC1. The number of carbonyl (C=O) groups is 3. The van der Waals surface area contributed by atoms with E-state index in [1.807, 2.05) is 24.3 Å². The number of hydrogen-bond donors (Lipinski definition) is 0. The molecule has 0 aromatic heterocycles. The molecule has 2 aliphatic rings. The highest BCUT2D eigenvalue weighted by atomic mass is 16.5. The molecule has 2 heterocycles. The summed E-state index contributed by atoms with van der Waals surface area (Å²) in [6, 6.07) is 7.86. The Hall–Kier alpha value is -2.57. The van der Waals surface area contributed by atoms with E-state index in [9.17, 15) is 14.4 Å². The molecular weight excluding hydrogens is 336 g/mol. The second-order valence-electron chi connectivity index (χ2n) is 6.82. The molecule has 1 aromatic rings. The highest BCUT2D eigenvalue weighted by Crippen LogP contribution is 2.38. The largest absolute Gasteiger partial charge is 0.469 e. The summed E-state index contributed by atoms with van der Waals surface area (Å²) in [6.45, 7) is 1.48. The van der Waals surface area contributed by atoms with Gasteiger partial charge in [0.05, 0.1) is 26.1 Å². The van der Waals surface area contributed by atoms with Crippen molar-refractivity contribution in [2.75, 3.05) is 38.8 Å². The molecule has 0 saturated carbocycles. The second kappa shape index (κ2) is 7.35. The zero-order chi connectivity index (χ0) is 18.7. The van der Waals surface area contributed by atoms with E-state index in [1.165, 1.54) is 19.8 Å². The van der Waals surface area contributed by atoms with Gasteiger partial charge in [-0.2, -0.15) is 0 Å². The van der Waals surface area contributed by atoms with E-state index >= 15 is 0 Å². The lowest BCUT2D eigenvalue weighted by atomic mass is 9.75. The monoisotopic (exact) mass is 360 g/mol. The van der Waals surface area contributed by atoms with Gasteiger partial charge < -0.3 is 14.4 Å². The Kier molecular flexibility index (Phi) is 5.15. The number of urea groups is 1. The van der Waals surface area contributed by atoms with Gasteiger partial charge in [-0.1, -0.05) is 18.2 Å². The van der Waals surface area contributed by atoms with E-state index in [4.69, 9.17) is 9.47 Å². The summed E-state index contributed by atoms with van der Waals surface area (Å²) in [7, 11) is 2.62. The molecule has 3 rings (SSSR count). The first kappa shape index (κ1) is 18.2. The van der Waals surface area contributed by atoms with Gasteiger partial charge in [0.25, 0.3) is 0 Å². The van der Waals surface area contributed by atoms with Gasteiger partial charge in [0, 0.05) is 25.3 Å². The molecule has 0 aliphatic carbocycles. The third kappa shape index (κ3) is 3.25. The highest BCUT2D eigenvalue weighted by Gasteiger charge is 2.46. The van der Waals surface area contributed by atoms with Crippen LogP contribution in [0.4, 0.5) is 10.5 Å². The first-order valence-electron chi connectivity index (χ1n) is 8.80. The molecule has 0 atom stereocenters. The lowest BCUT2D eigenvalue weighted by molar-refractivity contribution is -0.162. The van der Waals surface area contributed by atoms with Crippen LogP contribution < -0.4 is 4.90 Å². The minimum Gasteiger partial charge on any atom is -0.469 e. The number of rotatable bonds is 3. The van der Waals surface area contributed by atoms with Gasteiger partial charge in [-0.15, -0.1) is 0 Å². The van der Waals surface area contributed by atoms with Crippen LogP contribution in [0.5, 0.6) is 0 Å². The van der Waals surface area contributed by atoms with Gasteiger partial charge in [-0.05, 0) is 30.9 Å². The fourth-order valence-electron chi connectivity index (χ4n) is 3.85. The minimum absolute atomic E-state index is 0.0231. The molecule has 26 heavy (non-hydrogen) atoms. The van der Waals surface area contributed by atoms with Crippen molar-refractivity contribution in [3.8, 4) is 0 Å². The number of benzene rings is 1. The number of likely N-dealkylation sites (tertiary alicyclic amines) is 1. The standard InChI is InChI=1S/C19H24N2O5/c1-25-16(22)13-19(17(23)26-2)8-11-20(12-9-19)18(24)21-10-7-14-5-3-4-6-15(14)21/h3-6H,7-13H2,1-2H3. The molecule has 0 bridgehead atoms. The van der Waals surface area contributed by atoms with Crippen molar-refractivity contribution >= 4 is 23.7 Å². The van der Waals surface area contributed by atoms with E-state index in [0.29, 0.717) is 32.5 Å². The quantitative estimate of drug-likeness (QED) is 0.771. The Morgan fingerprint density at radius 3 is 2.38 bits per heavy atom. The predicted molar refractivity (Wildman–Crippen MR) is 94.8 cm³/mol. The van der Waals surface area contributed by atoms with Crippen molar-refractivity contribution < 1.29 is 23.9 Å². The molecule has 1 saturated heterocycles. The maximum Gasteiger partial charge on any atom is 0.324 e. The van der Waals surface area contributed by atoms with E-state index in [2.05, 4.69) is 0 Å². The second-order valence-corrected chi connectivity index (χ2v) is 6.82. The van der Waals surface area contributed by atoms with Crippen LogP contribution in [0.25, 0.3) is 0 Å². The molecule has 1 aromatic carbocycles. The van der Waals surface area contributed by atoms with Crippen LogP contribution in [0.2, 0.25) is 0 Å². The number of fused-ring (bicyclic) bond motifs is 1. The van der Waals surface area contributed by atoms with Gasteiger partial charge in [0.1, 0.15) is 0 Å². The van der Waals surface area contributed by atoms with Crippen LogP contribution in [0.15, 0.2) is 24.3 Å². The van der Waals surface area contributed by atoms with Crippen molar-refractivity contribution in [3.63, 3.8) is 0 Å². The Morgan fingerprint density at radius 2 is 1.73 bits per heavy atom.